The number of rotatable bonds is 3. The average Bonchev–Trinajstić information content (AvgIpc) is 2.78. The van der Waals surface area contributed by atoms with Gasteiger partial charge in [-0.3, -0.25) is 4.79 Å². The van der Waals surface area contributed by atoms with Crippen molar-refractivity contribution in [3.8, 4) is 5.75 Å². The van der Waals surface area contributed by atoms with Gasteiger partial charge in [-0.1, -0.05) is 11.6 Å². The van der Waals surface area contributed by atoms with Crippen LogP contribution in [0.1, 0.15) is 42.1 Å². The minimum Gasteiger partial charge on any atom is -0.507 e. The molecule has 19 heavy (non-hydrogen) atoms. The zero-order valence-electron chi connectivity index (χ0n) is 11.5. The summed E-state index contributed by atoms with van der Waals surface area (Å²) in [5.41, 5.74) is 1.31. The number of aliphatic hydroxyl groups is 1. The van der Waals surface area contributed by atoms with E-state index in [0.29, 0.717) is 18.5 Å². The van der Waals surface area contributed by atoms with Crippen molar-refractivity contribution in [1.29, 1.82) is 0 Å². The summed E-state index contributed by atoms with van der Waals surface area (Å²) in [6.07, 6.45) is 2.06. The predicted octanol–water partition coefficient (Wildman–Crippen LogP) is 2.08. The van der Waals surface area contributed by atoms with Gasteiger partial charge in [0.1, 0.15) is 5.75 Å². The molecule has 0 bridgehead atoms. The molecule has 0 spiro atoms. The van der Waals surface area contributed by atoms with Crippen LogP contribution >= 0.6 is 0 Å². The van der Waals surface area contributed by atoms with E-state index < -0.39 is 6.10 Å². The molecule has 2 unspecified atom stereocenters. The first-order chi connectivity index (χ1) is 8.99. The van der Waals surface area contributed by atoms with Crippen LogP contribution in [0.2, 0.25) is 0 Å². The van der Waals surface area contributed by atoms with Gasteiger partial charge in [-0.15, -0.1) is 0 Å². The fraction of sp³-hybridized carbons (Fsp3) is 0.533. The number of hydrogen-bond acceptors (Lipinski definition) is 3. The molecule has 4 heteroatoms. The smallest absolute Gasteiger partial charge is 0.257 e. The lowest BCUT2D eigenvalue weighted by atomic mass is 10.1. The molecule has 1 heterocycles. The summed E-state index contributed by atoms with van der Waals surface area (Å²) in [7, 11) is 0. The Morgan fingerprint density at radius 3 is 2.95 bits per heavy atom. The molecule has 2 atom stereocenters. The molecule has 0 saturated carbocycles. The number of likely N-dealkylation sites (tertiary alicyclic amines) is 1. The molecule has 2 rings (SSSR count). The standard InChI is InChI=1S/C15H21NO3/c1-10-5-6-14(18)13(8-10)15(19)16-7-3-4-12(16)9-11(2)17/h5-6,8,11-12,17-18H,3-4,7,9H2,1-2H3. The molecular weight excluding hydrogens is 242 g/mol. The molecule has 1 amide bonds. The fourth-order valence-electron chi connectivity index (χ4n) is 2.72. The number of aliphatic hydroxyl groups excluding tert-OH is 1. The van der Waals surface area contributed by atoms with Gasteiger partial charge in [0.25, 0.3) is 5.91 Å². The number of benzene rings is 1. The Morgan fingerprint density at radius 2 is 2.26 bits per heavy atom. The van der Waals surface area contributed by atoms with Crippen LogP contribution < -0.4 is 0 Å². The van der Waals surface area contributed by atoms with Crippen molar-refractivity contribution in [2.75, 3.05) is 6.54 Å². The molecule has 1 aromatic carbocycles. The van der Waals surface area contributed by atoms with E-state index in [-0.39, 0.29) is 17.7 Å². The lowest BCUT2D eigenvalue weighted by Gasteiger charge is -2.26. The quantitative estimate of drug-likeness (QED) is 0.877. The SMILES string of the molecule is Cc1ccc(O)c(C(=O)N2CCCC2CC(C)O)c1. The van der Waals surface area contributed by atoms with Gasteiger partial charge >= 0.3 is 0 Å². The molecule has 1 aliphatic heterocycles. The van der Waals surface area contributed by atoms with Gasteiger partial charge in [-0.05, 0) is 45.2 Å². The van der Waals surface area contributed by atoms with Crippen molar-refractivity contribution in [1.82, 2.24) is 4.90 Å². The van der Waals surface area contributed by atoms with Crippen molar-refractivity contribution in [3.05, 3.63) is 29.3 Å². The highest BCUT2D eigenvalue weighted by Gasteiger charge is 2.31. The summed E-state index contributed by atoms with van der Waals surface area (Å²) in [5, 5.41) is 19.3. The lowest BCUT2D eigenvalue weighted by molar-refractivity contribution is 0.0679. The zero-order valence-corrected chi connectivity index (χ0v) is 11.5. The third-order valence-corrected chi connectivity index (χ3v) is 3.63. The normalized spacial score (nSPS) is 20.6. The molecule has 0 aromatic heterocycles. The maximum Gasteiger partial charge on any atom is 0.257 e. The van der Waals surface area contributed by atoms with Crippen LogP contribution in [-0.4, -0.2) is 39.7 Å². The Hall–Kier alpha value is -1.55. The number of phenolic OH excluding ortho intramolecular Hbond substituents is 1. The molecule has 104 valence electrons. The molecule has 1 fully saturated rings. The zero-order chi connectivity index (χ0) is 14.0. The van der Waals surface area contributed by atoms with Crippen molar-refractivity contribution in [2.24, 2.45) is 0 Å². The van der Waals surface area contributed by atoms with Gasteiger partial charge in [0, 0.05) is 12.6 Å². The van der Waals surface area contributed by atoms with Crippen LogP contribution in [0.5, 0.6) is 5.75 Å². The maximum atomic E-state index is 12.5. The molecule has 1 saturated heterocycles. The summed E-state index contributed by atoms with van der Waals surface area (Å²) in [4.78, 5) is 14.3. The first-order valence-electron chi connectivity index (χ1n) is 6.77. The van der Waals surface area contributed by atoms with Crippen molar-refractivity contribution in [3.63, 3.8) is 0 Å². The second-order valence-corrected chi connectivity index (χ2v) is 5.40. The number of aromatic hydroxyl groups is 1. The largest absolute Gasteiger partial charge is 0.507 e. The van der Waals surface area contributed by atoms with Crippen LogP contribution in [0, 0.1) is 6.92 Å². The van der Waals surface area contributed by atoms with Gasteiger partial charge in [0.15, 0.2) is 0 Å². The summed E-state index contributed by atoms with van der Waals surface area (Å²) in [6, 6.07) is 5.13. The number of amides is 1. The van der Waals surface area contributed by atoms with Gasteiger partial charge in [-0.2, -0.15) is 0 Å². The van der Waals surface area contributed by atoms with E-state index in [1.165, 1.54) is 0 Å². The van der Waals surface area contributed by atoms with Crippen molar-refractivity contribution in [2.45, 2.75) is 45.3 Å². The molecular formula is C15H21NO3. The minimum atomic E-state index is -0.412. The Morgan fingerprint density at radius 1 is 1.53 bits per heavy atom. The summed E-state index contributed by atoms with van der Waals surface area (Å²) < 4.78 is 0. The highest BCUT2D eigenvalue weighted by molar-refractivity contribution is 5.97. The Bertz CT molecular complexity index is 470. The predicted molar refractivity (Wildman–Crippen MR) is 73.2 cm³/mol. The van der Waals surface area contributed by atoms with E-state index in [1.807, 2.05) is 6.92 Å². The van der Waals surface area contributed by atoms with Gasteiger partial charge in [0.05, 0.1) is 11.7 Å². The van der Waals surface area contributed by atoms with Gasteiger partial charge in [-0.25, -0.2) is 0 Å². The van der Waals surface area contributed by atoms with E-state index in [9.17, 15) is 15.0 Å². The molecule has 4 nitrogen and oxygen atoms in total. The number of phenols is 1. The van der Waals surface area contributed by atoms with E-state index in [1.54, 1.807) is 30.0 Å². The Balaban J connectivity index is 2.20. The van der Waals surface area contributed by atoms with Crippen molar-refractivity contribution >= 4 is 5.91 Å². The van der Waals surface area contributed by atoms with E-state index in [4.69, 9.17) is 0 Å². The van der Waals surface area contributed by atoms with E-state index in [2.05, 4.69) is 0 Å². The van der Waals surface area contributed by atoms with E-state index in [0.717, 1.165) is 18.4 Å². The van der Waals surface area contributed by atoms with Crippen LogP contribution in [0.4, 0.5) is 0 Å². The molecule has 1 aromatic rings. The second kappa shape index (κ2) is 5.61. The van der Waals surface area contributed by atoms with Gasteiger partial charge < -0.3 is 15.1 Å². The first kappa shape index (κ1) is 13.9. The number of hydrogen-bond donors (Lipinski definition) is 2. The molecule has 1 aliphatic rings. The third kappa shape index (κ3) is 3.07. The topological polar surface area (TPSA) is 60.8 Å². The summed E-state index contributed by atoms with van der Waals surface area (Å²) >= 11 is 0. The van der Waals surface area contributed by atoms with Crippen LogP contribution in [0.15, 0.2) is 18.2 Å². The van der Waals surface area contributed by atoms with E-state index >= 15 is 0 Å². The Kier molecular flexibility index (Phi) is 4.10. The monoisotopic (exact) mass is 263 g/mol. The fourth-order valence-corrected chi connectivity index (χ4v) is 2.72. The molecule has 0 radical (unpaired) electrons. The van der Waals surface area contributed by atoms with Crippen LogP contribution in [-0.2, 0) is 0 Å². The number of nitrogens with zero attached hydrogens (tertiary/aromatic N) is 1. The lowest BCUT2D eigenvalue weighted by Crippen LogP contribution is -2.37. The van der Waals surface area contributed by atoms with Crippen LogP contribution in [0.3, 0.4) is 0 Å². The Labute approximate surface area is 113 Å². The maximum absolute atomic E-state index is 12.5. The molecule has 2 N–H and O–H groups in total. The third-order valence-electron chi connectivity index (χ3n) is 3.63. The van der Waals surface area contributed by atoms with Crippen molar-refractivity contribution < 1.29 is 15.0 Å². The summed E-state index contributed by atoms with van der Waals surface area (Å²) in [6.45, 7) is 4.34. The number of carbonyl (C=O) groups excluding carboxylic acids is 1. The van der Waals surface area contributed by atoms with Gasteiger partial charge in [0.2, 0.25) is 0 Å². The first-order valence-corrected chi connectivity index (χ1v) is 6.77. The highest BCUT2D eigenvalue weighted by atomic mass is 16.3. The summed E-state index contributed by atoms with van der Waals surface area (Å²) in [5.74, 6) is -0.109. The second-order valence-electron chi connectivity index (χ2n) is 5.40. The van der Waals surface area contributed by atoms with Crippen LogP contribution in [0.25, 0.3) is 0 Å². The average molecular weight is 263 g/mol. The number of carbonyl (C=O) groups is 1. The molecule has 0 aliphatic carbocycles. The highest BCUT2D eigenvalue weighted by Crippen LogP contribution is 2.27. The number of aryl methyl sites for hydroxylation is 1. The minimum absolute atomic E-state index is 0.0262.